The molecule has 1 aromatic carbocycles. The molecule has 1 aromatic heterocycles. The molecule has 2 aliphatic rings. The summed E-state index contributed by atoms with van der Waals surface area (Å²) in [6.07, 6.45) is 1.93. The van der Waals surface area contributed by atoms with Crippen LogP contribution in [0.15, 0.2) is 29.3 Å². The molecule has 0 aliphatic carbocycles. The van der Waals surface area contributed by atoms with Gasteiger partial charge in [0, 0.05) is 62.1 Å². The average Bonchev–Trinajstić information content (AvgIpc) is 2.81. The van der Waals surface area contributed by atoms with Crippen LogP contribution in [0.3, 0.4) is 0 Å². The number of carbonyl (C=O) groups excluding carboxylic acids is 1. The van der Waals surface area contributed by atoms with Crippen LogP contribution in [0.2, 0.25) is 0 Å². The van der Waals surface area contributed by atoms with Gasteiger partial charge in [0.25, 0.3) is 0 Å². The van der Waals surface area contributed by atoms with Crippen LogP contribution in [0.5, 0.6) is 6.01 Å². The lowest BCUT2D eigenvalue weighted by atomic mass is 10.1. The van der Waals surface area contributed by atoms with E-state index in [1.165, 1.54) is 5.56 Å². The number of hydrogen-bond acceptors (Lipinski definition) is 8. The third kappa shape index (κ3) is 6.18. The number of piperazine rings is 1. The van der Waals surface area contributed by atoms with Crippen molar-refractivity contribution in [2.45, 2.75) is 32.9 Å². The highest BCUT2D eigenvalue weighted by atomic mass is 127. The first-order valence-electron chi connectivity index (χ1n) is 11.3. The lowest BCUT2D eigenvalue weighted by molar-refractivity contribution is -0.115. The third-order valence-corrected chi connectivity index (χ3v) is 6.68. The fourth-order valence-corrected chi connectivity index (χ4v) is 4.42. The summed E-state index contributed by atoms with van der Waals surface area (Å²) in [6.45, 7) is 12.2. The van der Waals surface area contributed by atoms with E-state index in [4.69, 9.17) is 4.74 Å². The number of anilines is 2. The van der Waals surface area contributed by atoms with Crippen molar-refractivity contribution < 1.29 is 9.53 Å². The number of amides is 1. The van der Waals surface area contributed by atoms with Gasteiger partial charge in [0.15, 0.2) is 11.6 Å². The number of hydrogen-bond donors (Lipinski definition) is 1. The van der Waals surface area contributed by atoms with Crippen LogP contribution in [-0.4, -0.2) is 69.9 Å². The first-order valence-corrected chi connectivity index (χ1v) is 12.3. The Labute approximate surface area is 208 Å². The van der Waals surface area contributed by atoms with Crippen molar-refractivity contribution in [3.8, 4) is 6.01 Å². The van der Waals surface area contributed by atoms with Crippen molar-refractivity contribution in [3.63, 3.8) is 0 Å². The van der Waals surface area contributed by atoms with Crippen molar-refractivity contribution in [3.05, 3.63) is 35.4 Å². The van der Waals surface area contributed by atoms with Gasteiger partial charge in [-0.15, -0.1) is 0 Å². The van der Waals surface area contributed by atoms with Gasteiger partial charge < -0.3 is 15.0 Å². The van der Waals surface area contributed by atoms with E-state index in [9.17, 15) is 4.79 Å². The number of halogens is 1. The minimum Gasteiger partial charge on any atom is -0.463 e. The lowest BCUT2D eigenvalue weighted by Gasteiger charge is -2.31. The smallest absolute Gasteiger partial charge is 0.320 e. The maximum atomic E-state index is 12.4. The summed E-state index contributed by atoms with van der Waals surface area (Å²) >= 11 is 2.39. The summed E-state index contributed by atoms with van der Waals surface area (Å²) in [4.78, 5) is 29.8. The SMILES string of the molecule is C=Nc1nc(OCCCC)nc2c1NC(=O)CN2Cc1cccc(CN2CCN(I)CC2)c1. The molecule has 1 fully saturated rings. The molecule has 2 aromatic rings. The van der Waals surface area contributed by atoms with E-state index < -0.39 is 0 Å². The van der Waals surface area contributed by atoms with Crippen molar-refractivity contribution in [2.24, 2.45) is 4.99 Å². The minimum atomic E-state index is -0.122. The Morgan fingerprint density at radius 2 is 1.94 bits per heavy atom. The monoisotopic (exact) mass is 563 g/mol. The second kappa shape index (κ2) is 11.2. The normalized spacial score (nSPS) is 16.9. The van der Waals surface area contributed by atoms with Gasteiger partial charge >= 0.3 is 6.01 Å². The highest BCUT2D eigenvalue weighted by molar-refractivity contribution is 14.1. The minimum absolute atomic E-state index is 0.122. The molecule has 10 heteroatoms. The van der Waals surface area contributed by atoms with E-state index in [0.717, 1.165) is 51.1 Å². The van der Waals surface area contributed by atoms with Crippen molar-refractivity contribution in [1.29, 1.82) is 0 Å². The number of ether oxygens (including phenoxy) is 1. The largest absolute Gasteiger partial charge is 0.463 e. The van der Waals surface area contributed by atoms with E-state index in [0.29, 0.717) is 30.5 Å². The van der Waals surface area contributed by atoms with E-state index in [-0.39, 0.29) is 18.5 Å². The van der Waals surface area contributed by atoms with Gasteiger partial charge in [0.2, 0.25) is 5.91 Å². The van der Waals surface area contributed by atoms with E-state index in [2.05, 4.69) is 89.1 Å². The zero-order valence-corrected chi connectivity index (χ0v) is 21.1. The molecule has 176 valence electrons. The fraction of sp³-hybridized carbons (Fsp3) is 0.478. The number of aromatic nitrogens is 2. The molecule has 0 spiro atoms. The molecule has 0 saturated carbocycles. The number of carbonyl (C=O) groups is 1. The maximum Gasteiger partial charge on any atom is 0.320 e. The number of benzene rings is 1. The summed E-state index contributed by atoms with van der Waals surface area (Å²) in [6, 6.07) is 8.81. The number of aliphatic imine (C=N–C) groups is 1. The molecule has 0 bridgehead atoms. The fourth-order valence-electron chi connectivity index (χ4n) is 3.99. The molecule has 9 nitrogen and oxygen atoms in total. The van der Waals surface area contributed by atoms with Crippen LogP contribution in [0.1, 0.15) is 30.9 Å². The molecule has 4 rings (SSSR count). The van der Waals surface area contributed by atoms with Gasteiger partial charge in [-0.05, 0) is 24.3 Å². The Balaban J connectivity index is 1.53. The zero-order chi connectivity index (χ0) is 23.2. The predicted molar refractivity (Wildman–Crippen MR) is 139 cm³/mol. The second-order valence-electron chi connectivity index (χ2n) is 8.30. The van der Waals surface area contributed by atoms with Gasteiger partial charge in [-0.2, -0.15) is 9.97 Å². The van der Waals surface area contributed by atoms with Gasteiger partial charge in [-0.1, -0.05) is 37.6 Å². The van der Waals surface area contributed by atoms with Crippen molar-refractivity contribution >= 4 is 52.8 Å². The Morgan fingerprint density at radius 1 is 1.18 bits per heavy atom. The van der Waals surface area contributed by atoms with Gasteiger partial charge in [-0.3, -0.25) is 9.69 Å². The zero-order valence-electron chi connectivity index (χ0n) is 19.0. The molecule has 1 saturated heterocycles. The Bertz CT molecular complexity index is 995. The molecule has 0 radical (unpaired) electrons. The molecule has 1 amide bonds. The van der Waals surface area contributed by atoms with E-state index >= 15 is 0 Å². The Morgan fingerprint density at radius 3 is 2.67 bits per heavy atom. The highest BCUT2D eigenvalue weighted by Crippen LogP contribution is 2.37. The van der Waals surface area contributed by atoms with Gasteiger partial charge in [0.05, 0.1) is 13.2 Å². The van der Waals surface area contributed by atoms with Crippen LogP contribution in [0, 0.1) is 0 Å². The summed E-state index contributed by atoms with van der Waals surface area (Å²) in [7, 11) is 0. The maximum absolute atomic E-state index is 12.4. The quantitative estimate of drug-likeness (QED) is 0.217. The van der Waals surface area contributed by atoms with Crippen LogP contribution in [0.4, 0.5) is 17.3 Å². The average molecular weight is 563 g/mol. The standard InChI is InChI=1S/C23H30IN7O2/c1-3-4-12-33-23-27-21(25-2)20-22(28-23)30(16-19(32)26-20)15-18-7-5-6-17(13-18)14-29-8-10-31(24)11-9-29/h5-7,13H,2-4,8-12,14-16H2,1H3,(H,26,32). The molecule has 33 heavy (non-hydrogen) atoms. The van der Waals surface area contributed by atoms with Crippen LogP contribution in [0.25, 0.3) is 0 Å². The molecule has 2 aliphatic heterocycles. The van der Waals surface area contributed by atoms with Gasteiger partial charge in [0.1, 0.15) is 5.69 Å². The van der Waals surface area contributed by atoms with Crippen LogP contribution < -0.4 is 15.0 Å². The number of nitrogens with zero attached hydrogens (tertiary/aromatic N) is 6. The topological polar surface area (TPSA) is 86.2 Å². The van der Waals surface area contributed by atoms with Crippen LogP contribution >= 0.6 is 22.9 Å². The summed E-state index contributed by atoms with van der Waals surface area (Å²) < 4.78 is 8.06. The first kappa shape index (κ1) is 23.8. The molecule has 1 N–H and O–H groups in total. The van der Waals surface area contributed by atoms with Crippen LogP contribution in [-0.2, 0) is 17.9 Å². The van der Waals surface area contributed by atoms with Crippen molar-refractivity contribution in [2.75, 3.05) is 49.5 Å². The molecule has 3 heterocycles. The first-order chi connectivity index (χ1) is 16.1. The van der Waals surface area contributed by atoms with E-state index in [1.807, 2.05) is 4.90 Å². The summed E-state index contributed by atoms with van der Waals surface area (Å²) in [5.74, 6) is 0.818. The van der Waals surface area contributed by atoms with E-state index in [1.54, 1.807) is 0 Å². The number of nitrogens with one attached hydrogen (secondary N) is 1. The van der Waals surface area contributed by atoms with Crippen molar-refractivity contribution in [1.82, 2.24) is 18.0 Å². The summed E-state index contributed by atoms with van der Waals surface area (Å²) in [5.41, 5.74) is 2.88. The molecular formula is C23H30IN7O2. The number of fused-ring (bicyclic) bond motifs is 1. The Hall–Kier alpha value is -2.31. The molecule has 0 atom stereocenters. The lowest BCUT2D eigenvalue weighted by Crippen LogP contribution is -2.41. The third-order valence-electron chi connectivity index (χ3n) is 5.72. The predicted octanol–water partition coefficient (Wildman–Crippen LogP) is 3.41. The summed E-state index contributed by atoms with van der Waals surface area (Å²) in [5, 5.41) is 2.85. The van der Waals surface area contributed by atoms with Gasteiger partial charge in [-0.25, -0.2) is 8.11 Å². The highest BCUT2D eigenvalue weighted by Gasteiger charge is 2.28. The Kier molecular flexibility index (Phi) is 8.10. The molecule has 0 unspecified atom stereocenters. The number of unbranched alkanes of at least 4 members (excludes halogenated alkanes) is 1. The second-order valence-corrected chi connectivity index (χ2v) is 9.66. The molecular weight excluding hydrogens is 533 g/mol. The number of rotatable bonds is 9.